The maximum absolute atomic E-state index is 12.9. The first-order chi connectivity index (χ1) is 12.3. The number of hydrogen-bond acceptors (Lipinski definition) is 3. The Labute approximate surface area is 151 Å². The van der Waals surface area contributed by atoms with Crippen LogP contribution in [0.15, 0.2) is 47.3 Å². The van der Waals surface area contributed by atoms with Crippen LogP contribution in [-0.2, 0) is 18.3 Å². The lowest BCUT2D eigenvalue weighted by atomic mass is 9.91. The van der Waals surface area contributed by atoms with Gasteiger partial charge < -0.3 is 15.4 Å². The Hall–Kier alpha value is -2.92. The van der Waals surface area contributed by atoms with Crippen molar-refractivity contribution in [1.82, 2.24) is 4.57 Å². The third kappa shape index (κ3) is 3.02. The van der Waals surface area contributed by atoms with Crippen LogP contribution in [0.25, 0.3) is 21.9 Å². The summed E-state index contributed by atoms with van der Waals surface area (Å²) in [5, 5.41) is 11.0. The highest BCUT2D eigenvalue weighted by molar-refractivity contribution is 5.99. The highest BCUT2D eigenvalue weighted by Gasteiger charge is 2.17. The maximum atomic E-state index is 12.9. The van der Waals surface area contributed by atoms with Gasteiger partial charge in [-0.25, -0.2) is 0 Å². The fourth-order valence-electron chi connectivity index (χ4n) is 3.39. The van der Waals surface area contributed by atoms with Gasteiger partial charge in [-0.15, -0.1) is 0 Å². The van der Waals surface area contributed by atoms with Crippen molar-refractivity contribution in [2.75, 3.05) is 0 Å². The molecule has 0 unspecified atom stereocenters. The average Bonchev–Trinajstić information content (AvgIpc) is 2.61. The summed E-state index contributed by atoms with van der Waals surface area (Å²) in [5.74, 6) is -1.03. The van der Waals surface area contributed by atoms with E-state index in [1.54, 1.807) is 11.6 Å². The van der Waals surface area contributed by atoms with Crippen molar-refractivity contribution < 1.29 is 9.90 Å². The van der Waals surface area contributed by atoms with Crippen LogP contribution in [0.4, 0.5) is 0 Å². The molecule has 0 aliphatic heterocycles. The van der Waals surface area contributed by atoms with E-state index in [4.69, 9.17) is 10.8 Å². The molecule has 3 N–H and O–H groups in total. The maximum Gasteiger partial charge on any atom is 0.320 e. The molecule has 134 valence electrons. The fourth-order valence-corrected chi connectivity index (χ4v) is 3.39. The van der Waals surface area contributed by atoms with Crippen molar-refractivity contribution >= 4 is 16.7 Å². The molecule has 0 saturated carbocycles. The van der Waals surface area contributed by atoms with E-state index in [0.717, 1.165) is 33.2 Å². The lowest BCUT2D eigenvalue weighted by Gasteiger charge is -2.16. The van der Waals surface area contributed by atoms with Crippen molar-refractivity contribution in [3.05, 3.63) is 69.6 Å². The molecule has 0 saturated heterocycles. The molecule has 0 radical (unpaired) electrons. The number of nitrogens with two attached hydrogens (primary N) is 1. The molecule has 0 bridgehead atoms. The third-order valence-electron chi connectivity index (χ3n) is 4.91. The van der Waals surface area contributed by atoms with E-state index in [1.165, 1.54) is 0 Å². The largest absolute Gasteiger partial charge is 0.480 e. The Morgan fingerprint density at radius 1 is 1.15 bits per heavy atom. The van der Waals surface area contributed by atoms with Crippen LogP contribution in [0.3, 0.4) is 0 Å². The molecule has 0 aliphatic carbocycles. The monoisotopic (exact) mass is 350 g/mol. The number of carbonyl (C=O) groups is 1. The number of nitrogens with zero attached hydrogens (tertiary/aromatic N) is 1. The number of pyridine rings is 1. The number of aliphatic carboxylic acids is 1. The van der Waals surface area contributed by atoms with Gasteiger partial charge in [-0.1, -0.05) is 36.4 Å². The second-order valence-electron chi connectivity index (χ2n) is 6.67. The molecule has 0 spiro atoms. The molecule has 0 aliphatic rings. The predicted molar refractivity (Wildman–Crippen MR) is 103 cm³/mol. The second-order valence-corrected chi connectivity index (χ2v) is 6.67. The van der Waals surface area contributed by atoms with Crippen LogP contribution in [0.1, 0.15) is 16.8 Å². The molecular formula is C21H22N2O3. The summed E-state index contributed by atoms with van der Waals surface area (Å²) < 4.78 is 1.64. The summed E-state index contributed by atoms with van der Waals surface area (Å²) in [7, 11) is 1.77. The van der Waals surface area contributed by atoms with E-state index in [2.05, 4.69) is 0 Å². The van der Waals surface area contributed by atoms with Crippen LogP contribution in [0.2, 0.25) is 0 Å². The molecule has 0 amide bonds. The first-order valence-corrected chi connectivity index (χ1v) is 8.48. The number of hydrogen-bond donors (Lipinski definition) is 2. The summed E-state index contributed by atoms with van der Waals surface area (Å²) in [5.41, 5.74) is 9.90. The first kappa shape index (κ1) is 17.9. The Morgan fingerprint density at radius 3 is 2.46 bits per heavy atom. The molecule has 26 heavy (non-hydrogen) atoms. The minimum atomic E-state index is -1.03. The van der Waals surface area contributed by atoms with Crippen LogP contribution < -0.4 is 11.3 Å². The SMILES string of the molecule is Cc1cc(C)n(C)c(=O)c1-c1ccc(C[C@H](N)C(=O)O)c2ccccc12. The highest BCUT2D eigenvalue weighted by Crippen LogP contribution is 2.31. The summed E-state index contributed by atoms with van der Waals surface area (Å²) in [6.45, 7) is 3.85. The van der Waals surface area contributed by atoms with Crippen molar-refractivity contribution in [2.24, 2.45) is 12.8 Å². The van der Waals surface area contributed by atoms with Gasteiger partial charge in [0.1, 0.15) is 6.04 Å². The van der Waals surface area contributed by atoms with Crippen molar-refractivity contribution in [3.8, 4) is 11.1 Å². The zero-order valence-electron chi connectivity index (χ0n) is 15.1. The Kier molecular flexibility index (Phi) is 4.66. The van der Waals surface area contributed by atoms with E-state index in [1.807, 2.05) is 56.3 Å². The van der Waals surface area contributed by atoms with Gasteiger partial charge in [0.2, 0.25) is 0 Å². The predicted octanol–water partition coefficient (Wildman–Crippen LogP) is 2.78. The normalized spacial score (nSPS) is 12.3. The molecule has 1 atom stereocenters. The van der Waals surface area contributed by atoms with E-state index in [0.29, 0.717) is 5.56 Å². The molecular weight excluding hydrogens is 328 g/mol. The number of carboxylic acids is 1. The second kappa shape index (κ2) is 6.77. The van der Waals surface area contributed by atoms with Crippen molar-refractivity contribution in [2.45, 2.75) is 26.3 Å². The average molecular weight is 350 g/mol. The topological polar surface area (TPSA) is 85.3 Å². The zero-order valence-corrected chi connectivity index (χ0v) is 15.1. The van der Waals surface area contributed by atoms with Crippen molar-refractivity contribution in [1.29, 1.82) is 0 Å². The number of fused-ring (bicyclic) bond motifs is 1. The van der Waals surface area contributed by atoms with Gasteiger partial charge in [-0.3, -0.25) is 9.59 Å². The Bertz CT molecular complexity index is 1070. The number of aromatic nitrogens is 1. The minimum absolute atomic E-state index is 0.0392. The standard InChI is InChI=1S/C21H22N2O3/c1-12-10-13(2)23(3)20(24)19(12)17-9-8-14(11-18(22)21(25)26)15-6-4-5-7-16(15)17/h4-10,18H,11,22H2,1-3H3,(H,25,26)/t18-/m0/s1. The summed E-state index contributed by atoms with van der Waals surface area (Å²) in [4.78, 5) is 24.0. The number of benzene rings is 2. The van der Waals surface area contributed by atoms with E-state index < -0.39 is 12.0 Å². The lowest BCUT2D eigenvalue weighted by molar-refractivity contribution is -0.138. The van der Waals surface area contributed by atoms with Crippen LogP contribution in [0.5, 0.6) is 0 Å². The first-order valence-electron chi connectivity index (χ1n) is 8.48. The molecule has 3 aromatic rings. The van der Waals surface area contributed by atoms with Crippen LogP contribution in [-0.4, -0.2) is 21.7 Å². The number of aryl methyl sites for hydroxylation is 2. The smallest absolute Gasteiger partial charge is 0.320 e. The molecule has 5 nitrogen and oxygen atoms in total. The van der Waals surface area contributed by atoms with Gasteiger partial charge in [-0.05, 0) is 53.8 Å². The quantitative estimate of drug-likeness (QED) is 0.758. The lowest BCUT2D eigenvalue weighted by Crippen LogP contribution is -2.32. The zero-order chi connectivity index (χ0) is 19.0. The van der Waals surface area contributed by atoms with E-state index in [-0.39, 0.29) is 12.0 Å². The third-order valence-corrected chi connectivity index (χ3v) is 4.91. The molecule has 3 rings (SSSR count). The molecule has 2 aromatic carbocycles. The van der Waals surface area contributed by atoms with Gasteiger partial charge in [-0.2, -0.15) is 0 Å². The van der Waals surface area contributed by atoms with Crippen molar-refractivity contribution in [3.63, 3.8) is 0 Å². The van der Waals surface area contributed by atoms with Crippen LogP contribution >= 0.6 is 0 Å². The summed E-state index contributed by atoms with van der Waals surface area (Å²) in [6.07, 6.45) is 0.237. The minimum Gasteiger partial charge on any atom is -0.480 e. The van der Waals surface area contributed by atoms with Gasteiger partial charge in [0.05, 0.1) is 5.56 Å². The summed E-state index contributed by atoms with van der Waals surface area (Å²) in [6, 6.07) is 12.5. The van der Waals surface area contributed by atoms with Gasteiger partial charge >= 0.3 is 5.97 Å². The van der Waals surface area contributed by atoms with Crippen LogP contribution in [0, 0.1) is 13.8 Å². The summed E-state index contributed by atoms with van der Waals surface area (Å²) >= 11 is 0. The Morgan fingerprint density at radius 2 is 1.81 bits per heavy atom. The number of rotatable bonds is 4. The Balaban J connectivity index is 2.27. The van der Waals surface area contributed by atoms with E-state index >= 15 is 0 Å². The van der Waals surface area contributed by atoms with E-state index in [9.17, 15) is 9.59 Å². The fraction of sp³-hybridized carbons (Fsp3) is 0.238. The van der Waals surface area contributed by atoms with Gasteiger partial charge in [0, 0.05) is 12.7 Å². The van der Waals surface area contributed by atoms with Gasteiger partial charge in [0.15, 0.2) is 0 Å². The number of carboxylic acid groups (broad SMARTS) is 1. The molecule has 1 aromatic heterocycles. The highest BCUT2D eigenvalue weighted by atomic mass is 16.4. The molecule has 5 heteroatoms. The molecule has 0 fully saturated rings. The molecule has 1 heterocycles. The van der Waals surface area contributed by atoms with Gasteiger partial charge in [0.25, 0.3) is 5.56 Å².